The highest BCUT2D eigenvalue weighted by Crippen LogP contribution is 2.45. The first-order valence-electron chi connectivity index (χ1n) is 25.2. The van der Waals surface area contributed by atoms with Gasteiger partial charge in [0.15, 0.2) is 10.8 Å². The Morgan fingerprint density at radius 1 is 0.731 bits per heavy atom. The predicted molar refractivity (Wildman–Crippen MR) is 309 cm³/mol. The van der Waals surface area contributed by atoms with Crippen molar-refractivity contribution in [1.82, 2.24) is 20.5 Å². The second-order valence-electron chi connectivity index (χ2n) is 18.4. The van der Waals surface area contributed by atoms with Crippen molar-refractivity contribution < 1.29 is 28.7 Å². The minimum absolute atomic E-state index is 0.0144. The highest BCUT2D eigenvalue weighted by atomic mass is 32.2. The number of allylic oxidation sites excluding steroid dienone is 1. The summed E-state index contributed by atoms with van der Waals surface area (Å²) in [5, 5.41) is 8.38. The summed E-state index contributed by atoms with van der Waals surface area (Å²) in [5.41, 5.74) is 6.81. The average molecular weight is 1090 g/mol. The molecule has 2 N–H and O–H groups in total. The zero-order valence-corrected chi connectivity index (χ0v) is 44.7. The number of esters is 1. The Balaban J connectivity index is 0.945. The lowest BCUT2D eigenvalue weighted by Crippen LogP contribution is -2.70. The number of thioether (sulfide) groups is 1. The number of amides is 2. The number of hydrogen-bond acceptors (Lipinski definition) is 11. The van der Waals surface area contributed by atoms with Crippen molar-refractivity contribution in [3.05, 3.63) is 290 Å². The van der Waals surface area contributed by atoms with Crippen LogP contribution in [0.2, 0.25) is 0 Å². The first kappa shape index (κ1) is 51.6. The third-order valence-corrected chi connectivity index (χ3v) is 17.0. The minimum atomic E-state index is -1.26. The number of nitrogens with zero attached hydrogens (tertiary/aromatic N) is 4. The summed E-state index contributed by atoms with van der Waals surface area (Å²) < 4.78 is 16.3. The zero-order valence-electron chi connectivity index (χ0n) is 42.3. The number of aromatic nitrogens is 1. The topological polar surface area (TPSA) is 144 Å². The van der Waals surface area contributed by atoms with Crippen molar-refractivity contribution in [2.24, 2.45) is 9.52 Å². The second-order valence-corrected chi connectivity index (χ2v) is 21.8. The van der Waals surface area contributed by atoms with E-state index in [-0.39, 0.29) is 18.7 Å². The molecule has 0 radical (unpaired) electrons. The maximum absolute atomic E-state index is 14.5. The van der Waals surface area contributed by atoms with Gasteiger partial charge in [0.1, 0.15) is 35.0 Å². The number of benzene rings is 7. The number of fused-ring (bicyclic) bond motifs is 1. The molecule has 1 fully saturated rings. The summed E-state index contributed by atoms with van der Waals surface area (Å²) in [6.07, 6.45) is 5.28. The Bertz CT molecular complexity index is 3370. The number of β-lactam (4-membered cyclic amide) rings is 1. The van der Waals surface area contributed by atoms with Crippen LogP contribution >= 0.6 is 23.1 Å². The molecule has 1 saturated heterocycles. The van der Waals surface area contributed by atoms with E-state index in [1.54, 1.807) is 30.9 Å². The fourth-order valence-electron chi connectivity index (χ4n) is 9.87. The smallest absolute Gasteiger partial charge is 0.355 e. The standard InChI is InChI=1S/C63H52N6O6S3/c1-73-53-35-32-44(33-36-53)40-74-60(72)57-45(34-37-54-39-64-43-77-54)41-76-59-56(58(71)69(57)59)66-55(70)38-52-42-78(68-75-63(49-26-14-5-15-27-49,50-28-16-6-17-29-50)51-30-18-7-19-31-51)61(65-52)67-62(46-20-8-2-9-21-46,47-22-10-3-11-23-47)48-24-12-4-13-25-48/h2-37,39,42-43,56,59H,38,40-41H2,1H3,(H,65,67)(H,66,70)/b37-34+. The van der Waals surface area contributed by atoms with Crippen molar-refractivity contribution >= 4 is 62.8 Å². The molecule has 3 atom stereocenters. The maximum Gasteiger partial charge on any atom is 0.355 e. The Morgan fingerprint density at radius 3 is 1.76 bits per heavy atom. The Kier molecular flexibility index (Phi) is 15.5. The van der Waals surface area contributed by atoms with E-state index in [4.69, 9.17) is 23.8 Å². The molecule has 3 aliphatic rings. The molecule has 0 bridgehead atoms. The van der Waals surface area contributed by atoms with Gasteiger partial charge in [-0.25, -0.2) is 14.6 Å². The molecule has 0 saturated carbocycles. The molecule has 3 unspecified atom stereocenters. The highest BCUT2D eigenvalue weighted by molar-refractivity contribution is 8.05. The second kappa shape index (κ2) is 23.4. The summed E-state index contributed by atoms with van der Waals surface area (Å²) >= 11 is 2.92. The van der Waals surface area contributed by atoms with Crippen LogP contribution in [0.3, 0.4) is 0 Å². The number of ether oxygens (including phenoxy) is 2. The van der Waals surface area contributed by atoms with Crippen molar-refractivity contribution in [3.63, 3.8) is 0 Å². The molecule has 15 heteroatoms. The molecule has 12 nitrogen and oxygen atoms in total. The van der Waals surface area contributed by atoms with E-state index in [9.17, 15) is 14.4 Å². The van der Waals surface area contributed by atoms with E-state index < -0.39 is 51.0 Å². The number of aliphatic imine (C=N–C) groups is 1. The van der Waals surface area contributed by atoms with E-state index in [2.05, 4.69) is 52.0 Å². The molecule has 2 amide bonds. The van der Waals surface area contributed by atoms with E-state index in [0.29, 0.717) is 27.9 Å². The molecule has 7 aromatic carbocycles. The first-order valence-corrected chi connectivity index (χ1v) is 28.4. The Labute approximate surface area is 463 Å². The fraction of sp³-hybridized carbons (Fsp3) is 0.127. The average Bonchev–Trinajstić information content (AvgIpc) is 4.30. The summed E-state index contributed by atoms with van der Waals surface area (Å²) in [6, 6.07) is 66.8. The Morgan fingerprint density at radius 2 is 1.26 bits per heavy atom. The largest absolute Gasteiger partial charge is 0.497 e. The molecular weight excluding hydrogens is 1030 g/mol. The zero-order chi connectivity index (χ0) is 53.3. The lowest BCUT2D eigenvalue weighted by atomic mass is 9.77. The molecule has 4 heterocycles. The van der Waals surface area contributed by atoms with Crippen LogP contribution in [0.25, 0.3) is 6.08 Å². The van der Waals surface area contributed by atoms with Crippen LogP contribution in [0.15, 0.2) is 256 Å². The monoisotopic (exact) mass is 1080 g/mol. The van der Waals surface area contributed by atoms with Gasteiger partial charge >= 0.3 is 5.97 Å². The minimum Gasteiger partial charge on any atom is -0.497 e. The molecule has 388 valence electrons. The van der Waals surface area contributed by atoms with Gasteiger partial charge in [-0.15, -0.1) is 23.1 Å². The van der Waals surface area contributed by atoms with Gasteiger partial charge in [-0.3, -0.25) is 19.5 Å². The van der Waals surface area contributed by atoms with Crippen molar-refractivity contribution in [3.8, 4) is 5.75 Å². The molecule has 1 aromatic heterocycles. The van der Waals surface area contributed by atoms with Gasteiger partial charge in [0, 0.05) is 38.6 Å². The maximum atomic E-state index is 14.5. The van der Waals surface area contributed by atoms with Gasteiger partial charge in [-0.1, -0.05) is 205 Å². The lowest BCUT2D eigenvalue weighted by molar-refractivity contribution is -0.153. The normalized spacial score (nSPS) is 17.8. The van der Waals surface area contributed by atoms with Gasteiger partial charge < -0.3 is 20.1 Å². The third kappa shape index (κ3) is 10.5. The molecule has 0 aliphatic carbocycles. The van der Waals surface area contributed by atoms with E-state index in [0.717, 1.165) is 43.8 Å². The SMILES string of the molecule is COc1ccc(COC(=O)C2=C(/C=C/c3cncs3)CSC3C(NC(=O)CC4=C/S(=N\OC(c5ccccc5)(c5ccccc5)c5ccccc5)C(=NC(c5ccccc5)(c5ccccc5)c5ccccc5)N4)C(=O)N23)cc1. The number of methoxy groups -OCH3 is 1. The summed E-state index contributed by atoms with van der Waals surface area (Å²) in [6.45, 7) is -0.0144. The van der Waals surface area contributed by atoms with Crippen LogP contribution in [-0.2, 0) is 52.4 Å². The number of carbonyl (C=O) groups is 3. The predicted octanol–water partition coefficient (Wildman–Crippen LogP) is 11.5. The van der Waals surface area contributed by atoms with Crippen molar-refractivity contribution in [2.75, 3.05) is 12.9 Å². The quantitative estimate of drug-likeness (QED) is 0.0371. The Hall–Kier alpha value is -8.47. The molecule has 0 spiro atoms. The molecular formula is C63H52N6O6S3. The van der Waals surface area contributed by atoms with Crippen LogP contribution in [-0.4, -0.2) is 57.1 Å². The summed E-state index contributed by atoms with van der Waals surface area (Å²) in [5.74, 6) is -0.401. The molecule has 11 rings (SSSR count). The number of carbonyl (C=O) groups excluding carboxylic acids is 3. The number of hydrogen-bond donors (Lipinski definition) is 2. The van der Waals surface area contributed by atoms with Crippen LogP contribution in [0, 0.1) is 0 Å². The third-order valence-electron chi connectivity index (χ3n) is 13.6. The van der Waals surface area contributed by atoms with Gasteiger partial charge in [0.2, 0.25) is 5.91 Å². The van der Waals surface area contributed by atoms with E-state index in [1.807, 2.05) is 175 Å². The molecule has 3 aliphatic heterocycles. The number of thiazole rings is 1. The highest BCUT2D eigenvalue weighted by Gasteiger charge is 2.54. The number of amidine groups is 1. The van der Waals surface area contributed by atoms with Gasteiger partial charge in [-0.2, -0.15) is 0 Å². The summed E-state index contributed by atoms with van der Waals surface area (Å²) in [4.78, 5) is 62.3. The van der Waals surface area contributed by atoms with E-state index >= 15 is 0 Å². The van der Waals surface area contributed by atoms with E-state index in [1.165, 1.54) is 28.0 Å². The molecule has 78 heavy (non-hydrogen) atoms. The summed E-state index contributed by atoms with van der Waals surface area (Å²) in [7, 11) is 0.326. The molecule has 8 aromatic rings. The lowest BCUT2D eigenvalue weighted by Gasteiger charge is -2.49. The van der Waals surface area contributed by atoms with Crippen molar-refractivity contribution in [1.29, 1.82) is 0 Å². The van der Waals surface area contributed by atoms with Crippen LogP contribution in [0.1, 0.15) is 50.2 Å². The van der Waals surface area contributed by atoms with Crippen LogP contribution < -0.4 is 15.4 Å². The van der Waals surface area contributed by atoms with Gasteiger partial charge in [0.05, 0.1) is 19.0 Å². The van der Waals surface area contributed by atoms with Gasteiger partial charge in [-0.05, 0) is 62.7 Å². The fourth-order valence-corrected chi connectivity index (χ4v) is 13.0. The van der Waals surface area contributed by atoms with Crippen molar-refractivity contribution in [2.45, 2.75) is 35.6 Å². The number of rotatable bonds is 18. The van der Waals surface area contributed by atoms with Gasteiger partial charge in [0.25, 0.3) is 5.91 Å². The van der Waals surface area contributed by atoms with Crippen LogP contribution in [0.4, 0.5) is 0 Å². The van der Waals surface area contributed by atoms with Crippen LogP contribution in [0.5, 0.6) is 5.75 Å². The first-order chi connectivity index (χ1) is 38.3. The number of nitrogens with one attached hydrogen (secondary N) is 2.